The Bertz CT molecular complexity index is 647. The molecule has 0 aromatic rings. The number of nitrogens with two attached hydrogens (primary N) is 3. The van der Waals surface area contributed by atoms with Gasteiger partial charge in [-0.05, 0) is 33.6 Å². The SMILES string of the molecule is CC(C)(C)OC(=O)C[C@H](NC(=O)[C@@H](N)CS)C(=O)N[C@@H](CCCN=C(N)N)C(=O)O. The molecule has 0 saturated carbocycles. The molecule has 0 heterocycles. The van der Waals surface area contributed by atoms with Gasteiger partial charge >= 0.3 is 11.9 Å². The molecule has 0 aliphatic carbocycles. The number of carbonyl (C=O) groups is 4. The molecule has 0 rings (SSSR count). The summed E-state index contributed by atoms with van der Waals surface area (Å²) in [5.74, 6) is -3.74. The van der Waals surface area contributed by atoms with Crippen LogP contribution in [-0.2, 0) is 23.9 Å². The predicted octanol–water partition coefficient (Wildman–Crippen LogP) is -1.92. The second-order valence-corrected chi connectivity index (χ2v) is 7.85. The van der Waals surface area contributed by atoms with E-state index in [1.807, 2.05) is 0 Å². The third-order valence-electron chi connectivity index (χ3n) is 3.52. The average Bonchev–Trinajstić information content (AvgIpc) is 2.60. The predicted molar refractivity (Wildman–Crippen MR) is 114 cm³/mol. The Kier molecular flexibility index (Phi) is 11.8. The Hall–Kier alpha value is -2.54. The lowest BCUT2D eigenvalue weighted by Crippen LogP contribution is -2.55. The lowest BCUT2D eigenvalue weighted by Gasteiger charge is -2.24. The number of aliphatic carboxylic acids is 1. The number of guanidine groups is 1. The minimum Gasteiger partial charge on any atom is -0.480 e. The minimum absolute atomic E-state index is 0.00908. The summed E-state index contributed by atoms with van der Waals surface area (Å²) in [4.78, 5) is 52.0. The van der Waals surface area contributed by atoms with Crippen molar-refractivity contribution in [2.45, 2.75) is 63.8 Å². The van der Waals surface area contributed by atoms with E-state index in [1.165, 1.54) is 0 Å². The van der Waals surface area contributed by atoms with E-state index < -0.39 is 53.9 Å². The number of thiol groups is 1. The van der Waals surface area contributed by atoms with Crippen LogP contribution in [0, 0.1) is 0 Å². The first-order chi connectivity index (χ1) is 13.8. The maximum Gasteiger partial charge on any atom is 0.326 e. The van der Waals surface area contributed by atoms with E-state index in [4.69, 9.17) is 21.9 Å². The van der Waals surface area contributed by atoms with Crippen molar-refractivity contribution in [3.05, 3.63) is 0 Å². The van der Waals surface area contributed by atoms with Gasteiger partial charge in [-0.2, -0.15) is 12.6 Å². The maximum atomic E-state index is 12.6. The van der Waals surface area contributed by atoms with Crippen molar-refractivity contribution in [3.63, 3.8) is 0 Å². The number of nitrogens with one attached hydrogen (secondary N) is 2. The molecule has 13 heteroatoms. The van der Waals surface area contributed by atoms with Gasteiger partial charge in [0.05, 0.1) is 12.5 Å². The van der Waals surface area contributed by atoms with Gasteiger partial charge in [0.2, 0.25) is 11.8 Å². The highest BCUT2D eigenvalue weighted by molar-refractivity contribution is 7.80. The van der Waals surface area contributed by atoms with Crippen molar-refractivity contribution in [1.29, 1.82) is 0 Å². The zero-order valence-corrected chi connectivity index (χ0v) is 18.3. The first-order valence-electron chi connectivity index (χ1n) is 9.24. The smallest absolute Gasteiger partial charge is 0.326 e. The van der Waals surface area contributed by atoms with Gasteiger partial charge in [0.15, 0.2) is 5.96 Å². The highest BCUT2D eigenvalue weighted by atomic mass is 32.1. The van der Waals surface area contributed by atoms with Crippen molar-refractivity contribution < 1.29 is 29.0 Å². The van der Waals surface area contributed by atoms with E-state index in [2.05, 4.69) is 28.3 Å². The van der Waals surface area contributed by atoms with E-state index in [9.17, 15) is 24.3 Å². The van der Waals surface area contributed by atoms with E-state index in [0.29, 0.717) is 0 Å². The summed E-state index contributed by atoms with van der Waals surface area (Å²) < 4.78 is 5.17. The summed E-state index contributed by atoms with van der Waals surface area (Å²) in [5, 5.41) is 14.0. The molecule has 30 heavy (non-hydrogen) atoms. The lowest BCUT2D eigenvalue weighted by atomic mass is 10.1. The molecule has 172 valence electrons. The molecule has 0 radical (unpaired) electrons. The number of esters is 1. The first kappa shape index (κ1) is 27.5. The molecule has 0 aliphatic heterocycles. The molecule has 0 fully saturated rings. The zero-order chi connectivity index (χ0) is 23.5. The molecular weight excluding hydrogens is 416 g/mol. The van der Waals surface area contributed by atoms with Gasteiger partial charge in [-0.3, -0.25) is 19.4 Å². The van der Waals surface area contributed by atoms with Crippen LogP contribution in [0.3, 0.4) is 0 Å². The molecule has 3 atom stereocenters. The van der Waals surface area contributed by atoms with Crippen LogP contribution in [0.15, 0.2) is 4.99 Å². The number of rotatable bonds is 12. The van der Waals surface area contributed by atoms with Crippen molar-refractivity contribution in [1.82, 2.24) is 10.6 Å². The fourth-order valence-electron chi connectivity index (χ4n) is 2.15. The normalized spacial score (nSPS) is 14.0. The van der Waals surface area contributed by atoms with Crippen molar-refractivity contribution in [3.8, 4) is 0 Å². The molecule has 0 spiro atoms. The Labute approximate surface area is 180 Å². The number of hydrogen-bond acceptors (Lipinski definition) is 8. The summed E-state index contributed by atoms with van der Waals surface area (Å²) in [7, 11) is 0. The minimum atomic E-state index is -1.38. The van der Waals surface area contributed by atoms with Gasteiger partial charge in [0.25, 0.3) is 0 Å². The van der Waals surface area contributed by atoms with Gasteiger partial charge in [-0.25, -0.2) is 4.79 Å². The van der Waals surface area contributed by atoms with Crippen molar-refractivity contribution in [2.24, 2.45) is 22.2 Å². The summed E-state index contributed by atoms with van der Waals surface area (Å²) in [5.41, 5.74) is 15.2. The van der Waals surface area contributed by atoms with Crippen LogP contribution in [0.25, 0.3) is 0 Å². The number of aliphatic imine (C=N–C) groups is 1. The molecule has 2 amide bonds. The van der Waals surface area contributed by atoms with Crippen LogP contribution >= 0.6 is 12.6 Å². The molecule has 0 saturated heterocycles. The molecule has 0 aliphatic rings. The van der Waals surface area contributed by atoms with Crippen LogP contribution in [0.5, 0.6) is 0 Å². The van der Waals surface area contributed by atoms with Gasteiger partial charge in [-0.15, -0.1) is 0 Å². The third kappa shape index (κ3) is 12.1. The number of carboxylic acid groups (broad SMARTS) is 1. The number of carboxylic acids is 1. The Morgan fingerprint density at radius 1 is 1.10 bits per heavy atom. The highest BCUT2D eigenvalue weighted by Crippen LogP contribution is 2.10. The quantitative estimate of drug-likeness (QED) is 0.0582. The monoisotopic (exact) mass is 448 g/mol. The lowest BCUT2D eigenvalue weighted by molar-refractivity contribution is -0.156. The fraction of sp³-hybridized carbons (Fsp3) is 0.706. The first-order valence-corrected chi connectivity index (χ1v) is 9.87. The Balaban J connectivity index is 5.24. The number of carbonyl (C=O) groups excluding carboxylic acids is 3. The molecule has 0 aromatic carbocycles. The number of nitrogens with zero attached hydrogens (tertiary/aromatic N) is 1. The van der Waals surface area contributed by atoms with E-state index in [0.717, 1.165) is 0 Å². The van der Waals surface area contributed by atoms with Crippen LogP contribution < -0.4 is 27.8 Å². The second-order valence-electron chi connectivity index (χ2n) is 7.49. The van der Waals surface area contributed by atoms with E-state index >= 15 is 0 Å². The van der Waals surface area contributed by atoms with E-state index in [1.54, 1.807) is 20.8 Å². The van der Waals surface area contributed by atoms with Crippen LogP contribution in [0.1, 0.15) is 40.0 Å². The Morgan fingerprint density at radius 2 is 1.67 bits per heavy atom. The van der Waals surface area contributed by atoms with Crippen molar-refractivity contribution >= 4 is 42.3 Å². The molecule has 12 nitrogen and oxygen atoms in total. The molecule has 0 unspecified atom stereocenters. The summed E-state index contributed by atoms with van der Waals surface area (Å²) in [6, 6.07) is -3.67. The van der Waals surface area contributed by atoms with Gasteiger partial charge in [0, 0.05) is 12.3 Å². The van der Waals surface area contributed by atoms with E-state index in [-0.39, 0.29) is 31.1 Å². The largest absolute Gasteiger partial charge is 0.480 e. The number of ether oxygens (including phenoxy) is 1. The fourth-order valence-corrected chi connectivity index (χ4v) is 2.32. The van der Waals surface area contributed by atoms with Crippen LogP contribution in [0.4, 0.5) is 0 Å². The molecule has 9 N–H and O–H groups in total. The molecule has 0 bridgehead atoms. The second kappa shape index (κ2) is 12.9. The van der Waals surface area contributed by atoms with Crippen molar-refractivity contribution in [2.75, 3.05) is 12.3 Å². The topological polar surface area (TPSA) is 212 Å². The van der Waals surface area contributed by atoms with Crippen LogP contribution in [0.2, 0.25) is 0 Å². The van der Waals surface area contributed by atoms with Gasteiger partial charge < -0.3 is 37.7 Å². The number of amides is 2. The average molecular weight is 449 g/mol. The molecular formula is C17H32N6O6S. The highest BCUT2D eigenvalue weighted by Gasteiger charge is 2.31. The van der Waals surface area contributed by atoms with Gasteiger partial charge in [0.1, 0.15) is 17.7 Å². The summed E-state index contributed by atoms with van der Waals surface area (Å²) in [6.45, 7) is 5.11. The summed E-state index contributed by atoms with van der Waals surface area (Å²) >= 11 is 3.92. The van der Waals surface area contributed by atoms with Gasteiger partial charge in [-0.1, -0.05) is 0 Å². The maximum absolute atomic E-state index is 12.6. The summed E-state index contributed by atoms with van der Waals surface area (Å²) in [6.07, 6.45) is -0.196. The zero-order valence-electron chi connectivity index (χ0n) is 17.4. The molecule has 0 aromatic heterocycles. The Morgan fingerprint density at radius 3 is 2.13 bits per heavy atom. The standard InChI is InChI=1S/C17H32N6O6S/c1-17(2,3)29-12(24)7-11(23-13(25)9(18)8-30)14(26)22-10(15(27)28)5-4-6-21-16(19)20/h9-11,30H,4-8,18H2,1-3H3,(H,22,26)(H,23,25)(H,27,28)(H4,19,20,21)/t9-,10-,11-/m0/s1. The number of hydrogen-bond donors (Lipinski definition) is 7. The third-order valence-corrected chi connectivity index (χ3v) is 3.91. The van der Waals surface area contributed by atoms with Crippen LogP contribution in [-0.4, -0.2) is 70.8 Å².